The standard InChI is InChI=1S/C41H46F4N4O6/c1-5-23(3)28(20-26(50)19-25-11-7-8-14-32(25)42)37(52)47-40(17-16-33-30(22-40)27-12-9-13-31(36(27)46-33)41(43,44)45)35(51)21-29(24(4)6-2)38(53)48-49-39(54)34-15-10-18-55-34/h7-15,18,23-24,28-29,46H,5-6,16-17,19-22H2,1-4H3,(H,47,52)(H,48,53)(H,49,54)/t23?,24?,28-,29-,40+/m0/s1. The molecule has 5 atom stereocenters. The summed E-state index contributed by atoms with van der Waals surface area (Å²) in [7, 11) is 0. The Kier molecular flexibility index (Phi) is 12.7. The molecule has 0 saturated heterocycles. The molecule has 2 unspecified atom stereocenters. The Hall–Kier alpha value is -5.27. The molecule has 0 aliphatic heterocycles. The third-order valence-corrected chi connectivity index (χ3v) is 11.1. The van der Waals surface area contributed by atoms with Crippen LogP contribution in [0, 0.1) is 29.5 Å². The summed E-state index contributed by atoms with van der Waals surface area (Å²) in [6, 6.07) is 12.6. The van der Waals surface area contributed by atoms with Crippen LogP contribution in [0.5, 0.6) is 0 Å². The third-order valence-electron chi connectivity index (χ3n) is 11.1. The first-order chi connectivity index (χ1) is 26.1. The van der Waals surface area contributed by atoms with E-state index in [1.54, 1.807) is 19.9 Å². The zero-order valence-electron chi connectivity index (χ0n) is 31.2. The van der Waals surface area contributed by atoms with E-state index < -0.39 is 58.4 Å². The quantitative estimate of drug-likeness (QED) is 0.0742. The van der Waals surface area contributed by atoms with Gasteiger partial charge >= 0.3 is 12.1 Å². The third kappa shape index (κ3) is 9.17. The number of hydrogen-bond acceptors (Lipinski definition) is 6. The van der Waals surface area contributed by atoms with Crippen LogP contribution < -0.4 is 16.2 Å². The van der Waals surface area contributed by atoms with Gasteiger partial charge in [0.25, 0.3) is 0 Å². The lowest BCUT2D eigenvalue weighted by atomic mass is 9.72. The van der Waals surface area contributed by atoms with E-state index in [1.807, 2.05) is 13.8 Å². The van der Waals surface area contributed by atoms with E-state index in [4.69, 9.17) is 4.42 Å². The molecular weight excluding hydrogens is 720 g/mol. The number of aromatic amines is 1. The van der Waals surface area contributed by atoms with E-state index in [9.17, 15) is 41.5 Å². The fourth-order valence-corrected chi connectivity index (χ4v) is 7.37. The summed E-state index contributed by atoms with van der Waals surface area (Å²) >= 11 is 0. The number of halogens is 4. The number of benzene rings is 2. The van der Waals surface area contributed by atoms with Crippen molar-refractivity contribution in [2.24, 2.45) is 23.7 Å². The lowest BCUT2D eigenvalue weighted by Crippen LogP contribution is -2.60. The van der Waals surface area contributed by atoms with E-state index in [0.717, 1.165) is 6.07 Å². The Labute approximate surface area is 316 Å². The van der Waals surface area contributed by atoms with Gasteiger partial charge in [-0.25, -0.2) is 4.39 Å². The Balaban J connectivity index is 1.48. The molecule has 0 bridgehead atoms. The first-order valence-electron chi connectivity index (χ1n) is 18.5. The Morgan fingerprint density at radius 2 is 1.56 bits per heavy atom. The fraction of sp³-hybridized carbons (Fsp3) is 0.439. The summed E-state index contributed by atoms with van der Waals surface area (Å²) in [4.78, 5) is 71.5. The molecule has 55 heavy (non-hydrogen) atoms. The number of nitrogens with one attached hydrogen (secondary N) is 4. The van der Waals surface area contributed by atoms with E-state index in [0.29, 0.717) is 24.1 Å². The number of carbonyl (C=O) groups excluding carboxylic acids is 5. The second-order valence-corrected chi connectivity index (χ2v) is 14.6. The SMILES string of the molecule is CCC(C)[C@H](CC(=O)[C@@]1(NC(=O)[C@@H](CC(=O)Cc2ccccc2F)C(C)CC)CCc2[nH]c3c(C(F)(F)F)cccc3c2C1)C(=O)NNC(=O)c1ccco1. The average Bonchev–Trinajstić information content (AvgIpc) is 3.83. The maximum atomic E-state index is 14.8. The number of rotatable bonds is 15. The first kappa shape index (κ1) is 40.9. The molecule has 0 saturated carbocycles. The summed E-state index contributed by atoms with van der Waals surface area (Å²) in [5, 5.41) is 3.23. The number of alkyl halides is 3. The maximum Gasteiger partial charge on any atom is 0.418 e. The highest BCUT2D eigenvalue weighted by Crippen LogP contribution is 2.41. The van der Waals surface area contributed by atoms with E-state index in [-0.39, 0.29) is 78.4 Å². The normalized spacial score (nSPS) is 17.7. The summed E-state index contributed by atoms with van der Waals surface area (Å²) in [5.74, 6) is -6.06. The number of amides is 3. The van der Waals surface area contributed by atoms with Crippen molar-refractivity contribution in [1.29, 1.82) is 0 Å². The molecule has 10 nitrogen and oxygen atoms in total. The Morgan fingerprint density at radius 3 is 2.20 bits per heavy atom. The van der Waals surface area contributed by atoms with Crippen molar-refractivity contribution in [3.8, 4) is 0 Å². The van der Waals surface area contributed by atoms with Crippen molar-refractivity contribution in [3.63, 3.8) is 0 Å². The van der Waals surface area contributed by atoms with E-state index in [1.165, 1.54) is 48.7 Å². The summed E-state index contributed by atoms with van der Waals surface area (Å²) < 4.78 is 61.7. The van der Waals surface area contributed by atoms with Crippen molar-refractivity contribution >= 4 is 40.2 Å². The van der Waals surface area contributed by atoms with Crippen molar-refractivity contribution < 1.29 is 46.0 Å². The lowest BCUT2D eigenvalue weighted by molar-refractivity contribution is -0.139. The number of furan rings is 1. The van der Waals surface area contributed by atoms with Crippen LogP contribution >= 0.6 is 0 Å². The van der Waals surface area contributed by atoms with Gasteiger partial charge in [-0.15, -0.1) is 0 Å². The minimum Gasteiger partial charge on any atom is -0.459 e. The average molecular weight is 767 g/mol. The Bertz CT molecular complexity index is 2040. The number of aromatic nitrogens is 1. The largest absolute Gasteiger partial charge is 0.459 e. The number of ketones is 2. The molecule has 0 radical (unpaired) electrons. The Morgan fingerprint density at radius 1 is 0.873 bits per heavy atom. The molecule has 294 valence electrons. The molecule has 2 aromatic heterocycles. The van der Waals surface area contributed by atoms with Gasteiger partial charge in [0, 0.05) is 48.6 Å². The highest BCUT2D eigenvalue weighted by Gasteiger charge is 2.47. The van der Waals surface area contributed by atoms with Gasteiger partial charge in [0.2, 0.25) is 11.8 Å². The van der Waals surface area contributed by atoms with Crippen LogP contribution in [0.3, 0.4) is 0 Å². The number of hydrogen-bond donors (Lipinski definition) is 4. The van der Waals surface area contributed by atoms with Crippen LogP contribution in [0.1, 0.15) is 92.7 Å². The molecular formula is C41H46F4N4O6. The van der Waals surface area contributed by atoms with Crippen molar-refractivity contribution in [1.82, 2.24) is 21.2 Å². The zero-order chi connectivity index (χ0) is 40.1. The minimum absolute atomic E-state index is 0.000774. The van der Waals surface area contributed by atoms with Crippen LogP contribution in [-0.2, 0) is 44.6 Å². The predicted molar refractivity (Wildman–Crippen MR) is 196 cm³/mol. The van der Waals surface area contributed by atoms with E-state index in [2.05, 4.69) is 21.2 Å². The van der Waals surface area contributed by atoms with Crippen molar-refractivity contribution in [2.45, 2.75) is 90.8 Å². The molecule has 14 heteroatoms. The van der Waals surface area contributed by atoms with Crippen LogP contribution in [0.25, 0.3) is 10.9 Å². The van der Waals surface area contributed by atoms with Crippen LogP contribution in [0.4, 0.5) is 17.6 Å². The molecule has 0 fully saturated rings. The second kappa shape index (κ2) is 17.0. The van der Waals surface area contributed by atoms with Crippen LogP contribution in [0.2, 0.25) is 0 Å². The number of aryl methyl sites for hydroxylation is 1. The molecule has 1 aliphatic rings. The minimum atomic E-state index is -4.66. The van der Waals surface area contributed by atoms with Gasteiger partial charge in [-0.1, -0.05) is 70.9 Å². The van der Waals surface area contributed by atoms with Gasteiger partial charge < -0.3 is 14.7 Å². The number of H-pyrrole nitrogens is 1. The highest BCUT2D eigenvalue weighted by atomic mass is 19.4. The van der Waals surface area contributed by atoms with Crippen molar-refractivity contribution in [2.75, 3.05) is 0 Å². The van der Waals surface area contributed by atoms with Crippen LogP contribution in [0.15, 0.2) is 65.3 Å². The number of fused-ring (bicyclic) bond motifs is 3. The number of hydrazine groups is 1. The monoisotopic (exact) mass is 766 g/mol. The smallest absolute Gasteiger partial charge is 0.418 e. The molecule has 3 amide bonds. The molecule has 1 aliphatic carbocycles. The van der Waals surface area contributed by atoms with Gasteiger partial charge in [0.15, 0.2) is 11.5 Å². The van der Waals surface area contributed by atoms with Gasteiger partial charge in [0.05, 0.1) is 17.3 Å². The number of Topliss-reactive ketones (excluding diaryl/α,β-unsaturated/α-hetero) is 2. The summed E-state index contributed by atoms with van der Waals surface area (Å²) in [6.07, 6.45) is -3.30. The van der Waals surface area contributed by atoms with Gasteiger partial charge in [-0.05, 0) is 60.1 Å². The molecule has 5 rings (SSSR count). The summed E-state index contributed by atoms with van der Waals surface area (Å²) in [5.41, 5.74) is 3.13. The first-order valence-corrected chi connectivity index (χ1v) is 18.5. The fourth-order valence-electron chi connectivity index (χ4n) is 7.37. The second-order valence-electron chi connectivity index (χ2n) is 14.6. The number of carbonyl (C=O) groups is 5. The maximum absolute atomic E-state index is 14.8. The number of para-hydroxylation sites is 1. The van der Waals surface area contributed by atoms with E-state index >= 15 is 0 Å². The van der Waals surface area contributed by atoms with Gasteiger partial charge in [-0.2, -0.15) is 13.2 Å². The molecule has 0 spiro atoms. The summed E-state index contributed by atoms with van der Waals surface area (Å²) in [6.45, 7) is 7.26. The molecule has 2 aromatic carbocycles. The molecule has 4 aromatic rings. The zero-order valence-corrected chi connectivity index (χ0v) is 31.2. The topological polar surface area (TPSA) is 150 Å². The lowest BCUT2D eigenvalue weighted by Gasteiger charge is -2.39. The highest BCUT2D eigenvalue weighted by molar-refractivity contribution is 5.99. The van der Waals surface area contributed by atoms with Gasteiger partial charge in [0.1, 0.15) is 17.1 Å². The molecule has 2 heterocycles. The molecule has 4 N–H and O–H groups in total. The van der Waals surface area contributed by atoms with Gasteiger partial charge in [-0.3, -0.25) is 34.8 Å². The van der Waals surface area contributed by atoms with Crippen molar-refractivity contribution in [3.05, 3.63) is 94.8 Å². The predicted octanol–water partition coefficient (Wildman–Crippen LogP) is 7.21. The van der Waals surface area contributed by atoms with Crippen LogP contribution in [-0.4, -0.2) is 39.8 Å².